The average Bonchev–Trinajstić information content (AvgIpc) is 2.88. The van der Waals surface area contributed by atoms with Crippen molar-refractivity contribution >= 4 is 16.8 Å². The molecule has 1 N–H and O–H groups in total. The molecule has 0 aliphatic rings. The Hall–Kier alpha value is -3.38. The third kappa shape index (κ3) is 7.81. The molecular weight excluding hydrogens is 478 g/mol. The van der Waals surface area contributed by atoms with Crippen molar-refractivity contribution in [2.45, 2.75) is 66.7 Å². The normalized spacial score (nSPS) is 11.2. The number of carbonyl (C=O) groups is 1. The lowest BCUT2D eigenvalue weighted by atomic mass is 9.99. The standard InChI is InChI=1S/C32H41NO5/c1-6-15-33(16-7-2)17-8-18-37-30-14-12-26-20-27(32(36)38-31(26)23(30)5)21-29(35)25-11-13-28(34)24(19-25)10-9-22(3)4/h9,11-14,19-20,34H,6-8,10,15-18,21H2,1-5H3. The highest BCUT2D eigenvalue weighted by atomic mass is 16.5. The summed E-state index contributed by atoms with van der Waals surface area (Å²) < 4.78 is 11.7. The number of carbonyl (C=O) groups excluding carboxylic acids is 1. The minimum absolute atomic E-state index is 0.0749. The number of fused-ring (bicyclic) bond motifs is 1. The van der Waals surface area contributed by atoms with Crippen LogP contribution in [0.15, 0.2) is 57.3 Å². The van der Waals surface area contributed by atoms with E-state index in [2.05, 4.69) is 18.7 Å². The van der Waals surface area contributed by atoms with E-state index in [0.717, 1.165) is 55.4 Å². The molecule has 38 heavy (non-hydrogen) atoms. The maximum absolute atomic E-state index is 13.0. The first kappa shape index (κ1) is 29.2. The lowest BCUT2D eigenvalue weighted by molar-refractivity contribution is 0.0992. The van der Waals surface area contributed by atoms with E-state index in [1.54, 1.807) is 18.2 Å². The predicted molar refractivity (Wildman–Crippen MR) is 154 cm³/mol. The molecule has 0 radical (unpaired) electrons. The second kappa shape index (κ2) is 14.0. The summed E-state index contributed by atoms with van der Waals surface area (Å²) >= 11 is 0. The number of phenols is 1. The van der Waals surface area contributed by atoms with Gasteiger partial charge in [0.05, 0.1) is 6.61 Å². The second-order valence-electron chi connectivity index (χ2n) is 10.1. The number of benzene rings is 2. The van der Waals surface area contributed by atoms with E-state index in [-0.39, 0.29) is 18.0 Å². The van der Waals surface area contributed by atoms with Crippen molar-refractivity contribution in [3.63, 3.8) is 0 Å². The Bertz CT molecular complexity index is 1330. The number of ether oxygens (including phenoxy) is 1. The summed E-state index contributed by atoms with van der Waals surface area (Å²) in [6.07, 6.45) is 5.67. The Morgan fingerprint density at radius 1 is 1.03 bits per heavy atom. The first-order valence-corrected chi connectivity index (χ1v) is 13.6. The molecule has 3 aromatic rings. The van der Waals surface area contributed by atoms with Gasteiger partial charge in [-0.05, 0) is 102 Å². The molecule has 1 heterocycles. The Morgan fingerprint density at radius 3 is 2.45 bits per heavy atom. The van der Waals surface area contributed by atoms with Crippen molar-refractivity contribution in [1.82, 2.24) is 4.90 Å². The molecule has 0 aliphatic heterocycles. The Labute approximate surface area is 225 Å². The number of allylic oxidation sites excluding steroid dienone is 2. The smallest absolute Gasteiger partial charge is 0.339 e. The zero-order valence-corrected chi connectivity index (χ0v) is 23.4. The van der Waals surface area contributed by atoms with E-state index in [4.69, 9.17) is 9.15 Å². The minimum Gasteiger partial charge on any atom is -0.508 e. The van der Waals surface area contributed by atoms with E-state index < -0.39 is 5.63 Å². The molecule has 3 rings (SSSR count). The summed E-state index contributed by atoms with van der Waals surface area (Å²) in [5.74, 6) is 0.652. The topological polar surface area (TPSA) is 80.0 Å². The van der Waals surface area contributed by atoms with E-state index in [1.807, 2.05) is 39.0 Å². The van der Waals surface area contributed by atoms with Crippen LogP contribution < -0.4 is 10.4 Å². The molecule has 6 nitrogen and oxygen atoms in total. The van der Waals surface area contributed by atoms with Gasteiger partial charge in [-0.25, -0.2) is 4.79 Å². The van der Waals surface area contributed by atoms with Crippen molar-refractivity contribution in [1.29, 1.82) is 0 Å². The Morgan fingerprint density at radius 2 is 1.76 bits per heavy atom. The van der Waals surface area contributed by atoms with E-state index in [0.29, 0.717) is 41.1 Å². The van der Waals surface area contributed by atoms with Gasteiger partial charge in [0.15, 0.2) is 5.78 Å². The van der Waals surface area contributed by atoms with Gasteiger partial charge in [-0.1, -0.05) is 25.5 Å². The van der Waals surface area contributed by atoms with Crippen LogP contribution in [-0.2, 0) is 12.8 Å². The molecule has 0 bridgehead atoms. The largest absolute Gasteiger partial charge is 0.508 e. The molecule has 0 unspecified atom stereocenters. The fourth-order valence-electron chi connectivity index (χ4n) is 4.58. The molecule has 2 aromatic carbocycles. The van der Waals surface area contributed by atoms with Gasteiger partial charge in [0.1, 0.15) is 17.1 Å². The van der Waals surface area contributed by atoms with E-state index in [1.165, 1.54) is 6.07 Å². The van der Waals surface area contributed by atoms with Crippen LogP contribution in [-0.4, -0.2) is 42.0 Å². The monoisotopic (exact) mass is 519 g/mol. The van der Waals surface area contributed by atoms with E-state index in [9.17, 15) is 14.7 Å². The minimum atomic E-state index is -0.524. The highest BCUT2D eigenvalue weighted by molar-refractivity contribution is 5.98. The molecule has 0 atom stereocenters. The maximum Gasteiger partial charge on any atom is 0.339 e. The van der Waals surface area contributed by atoms with Crippen LogP contribution in [0.4, 0.5) is 0 Å². The average molecular weight is 520 g/mol. The number of aromatic hydroxyl groups is 1. The number of nitrogens with zero attached hydrogens (tertiary/aromatic N) is 1. The van der Waals surface area contributed by atoms with Crippen LogP contribution >= 0.6 is 0 Å². The number of phenolic OH excluding ortho intramolecular Hbond substituents is 1. The van der Waals surface area contributed by atoms with Gasteiger partial charge < -0.3 is 19.2 Å². The highest BCUT2D eigenvalue weighted by Gasteiger charge is 2.16. The number of aryl methyl sites for hydroxylation is 1. The van der Waals surface area contributed by atoms with Crippen LogP contribution in [0.5, 0.6) is 11.5 Å². The van der Waals surface area contributed by atoms with Crippen LogP contribution in [0.2, 0.25) is 0 Å². The van der Waals surface area contributed by atoms with Gasteiger partial charge in [0, 0.05) is 35.0 Å². The molecule has 0 fully saturated rings. The number of hydrogen-bond acceptors (Lipinski definition) is 6. The van der Waals surface area contributed by atoms with Crippen molar-refractivity contribution in [2.75, 3.05) is 26.2 Å². The molecule has 0 amide bonds. The SMILES string of the molecule is CCCN(CCC)CCCOc1ccc2cc(CC(=O)c3ccc(O)c(CC=C(C)C)c3)c(=O)oc2c1C. The highest BCUT2D eigenvalue weighted by Crippen LogP contribution is 2.28. The Kier molecular flexibility index (Phi) is 10.7. The van der Waals surface area contributed by atoms with Crippen molar-refractivity contribution in [2.24, 2.45) is 0 Å². The van der Waals surface area contributed by atoms with Gasteiger partial charge >= 0.3 is 5.63 Å². The molecule has 6 heteroatoms. The van der Waals surface area contributed by atoms with Crippen molar-refractivity contribution in [3.05, 3.63) is 80.7 Å². The first-order valence-electron chi connectivity index (χ1n) is 13.6. The summed E-state index contributed by atoms with van der Waals surface area (Å²) in [7, 11) is 0. The molecule has 0 saturated carbocycles. The first-order chi connectivity index (χ1) is 18.2. The lowest BCUT2D eigenvalue weighted by Crippen LogP contribution is -2.27. The third-order valence-corrected chi connectivity index (χ3v) is 6.61. The Balaban J connectivity index is 1.71. The van der Waals surface area contributed by atoms with Crippen LogP contribution in [0.1, 0.15) is 74.0 Å². The fourth-order valence-corrected chi connectivity index (χ4v) is 4.58. The van der Waals surface area contributed by atoms with Crippen LogP contribution in [0, 0.1) is 6.92 Å². The van der Waals surface area contributed by atoms with E-state index >= 15 is 0 Å². The van der Waals surface area contributed by atoms with Gasteiger partial charge in [-0.15, -0.1) is 0 Å². The molecular formula is C32H41NO5. The fraction of sp³-hybridized carbons (Fsp3) is 0.438. The van der Waals surface area contributed by atoms with Gasteiger partial charge in [-0.2, -0.15) is 0 Å². The van der Waals surface area contributed by atoms with Crippen molar-refractivity contribution in [3.8, 4) is 11.5 Å². The summed E-state index contributed by atoms with van der Waals surface area (Å²) in [6, 6.07) is 10.3. The molecule has 0 spiro atoms. The number of hydrogen-bond donors (Lipinski definition) is 1. The van der Waals surface area contributed by atoms with Gasteiger partial charge in [-0.3, -0.25) is 4.79 Å². The van der Waals surface area contributed by atoms with Crippen LogP contribution in [0.25, 0.3) is 11.0 Å². The van der Waals surface area contributed by atoms with Crippen molar-refractivity contribution < 1.29 is 19.1 Å². The zero-order chi connectivity index (χ0) is 27.7. The molecule has 0 saturated heterocycles. The lowest BCUT2D eigenvalue weighted by Gasteiger charge is -2.21. The summed E-state index contributed by atoms with van der Waals surface area (Å²) in [6.45, 7) is 14.0. The quantitative estimate of drug-likeness (QED) is 0.111. The number of rotatable bonds is 14. The maximum atomic E-state index is 13.0. The molecule has 204 valence electrons. The van der Waals surface area contributed by atoms with Gasteiger partial charge in [0.2, 0.25) is 0 Å². The predicted octanol–water partition coefficient (Wildman–Crippen LogP) is 6.63. The van der Waals surface area contributed by atoms with Crippen LogP contribution in [0.3, 0.4) is 0 Å². The summed E-state index contributed by atoms with van der Waals surface area (Å²) in [5, 5.41) is 10.9. The summed E-state index contributed by atoms with van der Waals surface area (Å²) in [5.41, 5.74) is 3.30. The zero-order valence-electron chi connectivity index (χ0n) is 23.4. The summed E-state index contributed by atoms with van der Waals surface area (Å²) in [4.78, 5) is 28.3. The molecule has 0 aliphatic carbocycles. The van der Waals surface area contributed by atoms with Gasteiger partial charge in [0.25, 0.3) is 0 Å². The number of Topliss-reactive ketones (excluding diaryl/α,β-unsaturated/α-hetero) is 1. The second-order valence-corrected chi connectivity index (χ2v) is 10.1. The molecule has 1 aromatic heterocycles. The number of ketones is 1. The third-order valence-electron chi connectivity index (χ3n) is 6.61.